The first kappa shape index (κ1) is 40.8. The van der Waals surface area contributed by atoms with Crippen molar-refractivity contribution in [1.29, 1.82) is 0 Å². The fourth-order valence-electron chi connectivity index (χ4n) is 5.47. The van der Waals surface area contributed by atoms with Crippen molar-refractivity contribution in [1.82, 2.24) is 5.32 Å². The Hall–Kier alpha value is -4.41. The van der Waals surface area contributed by atoms with E-state index in [0.717, 1.165) is 12.3 Å². The van der Waals surface area contributed by atoms with Gasteiger partial charge in [0.15, 0.2) is 11.5 Å². The minimum Gasteiger partial charge on any atom is -0.493 e. The van der Waals surface area contributed by atoms with Crippen molar-refractivity contribution >= 4 is 17.8 Å². The molecule has 1 fully saturated rings. The summed E-state index contributed by atoms with van der Waals surface area (Å²) in [5.74, 6) is -0.245. The lowest BCUT2D eigenvalue weighted by Crippen LogP contribution is -2.40. The maximum Gasteiger partial charge on any atom is 0.338 e. The fourth-order valence-corrected chi connectivity index (χ4v) is 5.47. The van der Waals surface area contributed by atoms with Crippen LogP contribution in [0, 0.1) is 16.0 Å². The summed E-state index contributed by atoms with van der Waals surface area (Å²) in [5, 5.41) is 11.8. The van der Waals surface area contributed by atoms with Crippen LogP contribution in [0.1, 0.15) is 113 Å². The fraction of sp³-hybridized carbons (Fsp3) is 0.553. The van der Waals surface area contributed by atoms with E-state index in [1.165, 1.54) is 95.6 Å². The summed E-state index contributed by atoms with van der Waals surface area (Å²) in [6.07, 6.45) is 19.4. The van der Waals surface area contributed by atoms with E-state index >= 15 is 0 Å². The molecule has 0 aliphatic heterocycles. The number of benzene rings is 2. The normalized spacial score (nSPS) is 13.2. The minimum atomic E-state index is -0.881. The van der Waals surface area contributed by atoms with Gasteiger partial charge in [-0.3, -0.25) is 4.79 Å². The number of methoxy groups -OCH3 is 1. The number of amides is 1. The van der Waals surface area contributed by atoms with Crippen molar-refractivity contribution in [2.45, 2.75) is 110 Å². The van der Waals surface area contributed by atoms with Gasteiger partial charge >= 0.3 is 11.9 Å². The molecule has 1 atom stereocenters. The number of carbonyl (C=O) groups is 3. The van der Waals surface area contributed by atoms with Gasteiger partial charge in [-0.2, -0.15) is 0 Å². The lowest BCUT2D eigenvalue weighted by molar-refractivity contribution is -0.757. The van der Waals surface area contributed by atoms with Gasteiger partial charge in [0.2, 0.25) is 5.91 Å². The van der Waals surface area contributed by atoms with Crippen molar-refractivity contribution in [3.05, 3.63) is 81.9 Å². The lowest BCUT2D eigenvalue weighted by Gasteiger charge is -2.15. The third kappa shape index (κ3) is 18.1. The number of nitrogens with one attached hydrogen (secondary N) is 1. The van der Waals surface area contributed by atoms with Gasteiger partial charge in [0.1, 0.15) is 6.04 Å². The zero-order chi connectivity index (χ0) is 35.7. The zero-order valence-corrected chi connectivity index (χ0v) is 29.4. The quantitative estimate of drug-likeness (QED) is 0.0346. The molecule has 2 aromatic rings. The molecule has 49 heavy (non-hydrogen) atoms. The predicted molar refractivity (Wildman–Crippen MR) is 188 cm³/mol. The third-order valence-electron chi connectivity index (χ3n) is 8.22. The standard InChI is InChI=1S/C22H30N2O9.C16H24/c1-4-5-6-7-10-20(25)23-16(2)21(26)33-18-12-11-17(15-19(18)30-3)22(27)31-13-8-9-14-32-24(28)29;1-3-9-15(10-4-1)11-5-2-6-12-16-13-7-8-14-16/h4-5,11-12,15-16H,6-10,13-14H2,1-3H3,(H,23,25);1,3-4,9-10,16H,2,5-8,11-14H2/b5-4-;. The molecule has 1 unspecified atom stereocenters. The Morgan fingerprint density at radius 1 is 0.959 bits per heavy atom. The molecule has 0 bridgehead atoms. The monoisotopic (exact) mass is 682 g/mol. The van der Waals surface area contributed by atoms with Gasteiger partial charge in [-0.1, -0.05) is 87.4 Å². The molecule has 2 aromatic carbocycles. The molecule has 11 heteroatoms. The first-order chi connectivity index (χ1) is 23.7. The molecule has 1 aliphatic rings. The van der Waals surface area contributed by atoms with E-state index in [-0.39, 0.29) is 36.2 Å². The molecule has 0 aromatic heterocycles. The van der Waals surface area contributed by atoms with Crippen LogP contribution in [0.4, 0.5) is 0 Å². The summed E-state index contributed by atoms with van der Waals surface area (Å²) >= 11 is 0. The molecular formula is C38H54N2O9. The van der Waals surface area contributed by atoms with Gasteiger partial charge in [0.05, 0.1) is 25.9 Å². The molecule has 1 amide bonds. The number of rotatable bonds is 21. The summed E-state index contributed by atoms with van der Waals surface area (Å²) < 4.78 is 15.6. The second kappa shape index (κ2) is 24.7. The molecule has 1 saturated carbocycles. The lowest BCUT2D eigenvalue weighted by atomic mass is 9.98. The summed E-state index contributed by atoms with van der Waals surface area (Å²) in [6.45, 7) is 3.41. The molecule has 270 valence electrons. The topological polar surface area (TPSA) is 143 Å². The number of carbonyl (C=O) groups excluding carboxylic acids is 3. The minimum absolute atomic E-state index is 0.0604. The molecule has 0 spiro atoms. The van der Waals surface area contributed by atoms with E-state index < -0.39 is 23.1 Å². The Labute approximate surface area is 290 Å². The van der Waals surface area contributed by atoms with Gasteiger partial charge < -0.3 is 24.4 Å². The van der Waals surface area contributed by atoms with Gasteiger partial charge in [0, 0.05) is 6.42 Å². The number of esters is 2. The van der Waals surface area contributed by atoms with Crippen LogP contribution in [0.5, 0.6) is 11.5 Å². The molecule has 11 nitrogen and oxygen atoms in total. The highest BCUT2D eigenvalue weighted by Crippen LogP contribution is 2.30. The molecule has 1 aliphatic carbocycles. The van der Waals surface area contributed by atoms with Crippen LogP contribution in [-0.4, -0.2) is 49.3 Å². The number of aryl methyl sites for hydroxylation is 1. The highest BCUT2D eigenvalue weighted by molar-refractivity contribution is 5.90. The van der Waals surface area contributed by atoms with Crippen LogP contribution in [0.3, 0.4) is 0 Å². The van der Waals surface area contributed by atoms with Gasteiger partial charge in [-0.25, -0.2) is 9.59 Å². The van der Waals surface area contributed by atoms with Crippen LogP contribution >= 0.6 is 0 Å². The van der Waals surface area contributed by atoms with Crippen molar-refractivity contribution < 1.29 is 38.5 Å². The predicted octanol–water partition coefficient (Wildman–Crippen LogP) is 7.98. The first-order valence-corrected chi connectivity index (χ1v) is 17.5. The van der Waals surface area contributed by atoms with Crippen molar-refractivity contribution in [3.8, 4) is 11.5 Å². The number of hydrogen-bond donors (Lipinski definition) is 1. The first-order valence-electron chi connectivity index (χ1n) is 17.5. The number of nitrogens with zero attached hydrogens (tertiary/aromatic N) is 1. The zero-order valence-electron chi connectivity index (χ0n) is 29.4. The summed E-state index contributed by atoms with van der Waals surface area (Å²) in [4.78, 5) is 50.7. The van der Waals surface area contributed by atoms with Crippen LogP contribution in [-0.2, 0) is 25.6 Å². The Kier molecular flexibility index (Phi) is 20.5. The van der Waals surface area contributed by atoms with Crippen LogP contribution in [0.2, 0.25) is 0 Å². The van der Waals surface area contributed by atoms with Crippen molar-refractivity contribution in [2.24, 2.45) is 5.92 Å². The maximum absolute atomic E-state index is 12.3. The smallest absolute Gasteiger partial charge is 0.338 e. The number of ether oxygens (including phenoxy) is 3. The molecule has 0 saturated heterocycles. The molecule has 0 radical (unpaired) electrons. The molecule has 0 heterocycles. The summed E-state index contributed by atoms with van der Waals surface area (Å²) in [6, 6.07) is 14.2. The van der Waals surface area contributed by atoms with E-state index in [2.05, 4.69) is 40.5 Å². The van der Waals surface area contributed by atoms with Crippen LogP contribution in [0.25, 0.3) is 0 Å². The summed E-state index contributed by atoms with van der Waals surface area (Å²) in [5.41, 5.74) is 1.68. The van der Waals surface area contributed by atoms with Crippen LogP contribution in [0.15, 0.2) is 60.7 Å². The number of unbranched alkanes of at least 4 members (excludes halogenated alkanes) is 4. The van der Waals surface area contributed by atoms with Gasteiger partial charge in [0.25, 0.3) is 5.09 Å². The van der Waals surface area contributed by atoms with Gasteiger partial charge in [-0.05, 0) is 82.1 Å². The Balaban J connectivity index is 0.000000430. The number of hydrogen-bond acceptors (Lipinski definition) is 9. The second-order valence-electron chi connectivity index (χ2n) is 12.2. The van der Waals surface area contributed by atoms with Crippen molar-refractivity contribution in [2.75, 3.05) is 20.3 Å². The van der Waals surface area contributed by atoms with E-state index in [0.29, 0.717) is 25.7 Å². The van der Waals surface area contributed by atoms with Gasteiger partial charge in [-0.15, -0.1) is 10.1 Å². The Morgan fingerprint density at radius 2 is 1.69 bits per heavy atom. The second-order valence-corrected chi connectivity index (χ2v) is 12.2. The van der Waals surface area contributed by atoms with Crippen molar-refractivity contribution in [3.63, 3.8) is 0 Å². The SMILES string of the molecule is C/C=C\CCCC(=O)NC(C)C(=O)Oc1ccc(C(=O)OCCCCO[N+](=O)[O-])cc1OC.c1ccc(CCCCCC2CCCC2)cc1. The van der Waals surface area contributed by atoms with Crippen LogP contribution < -0.4 is 14.8 Å². The summed E-state index contributed by atoms with van der Waals surface area (Å²) in [7, 11) is 1.35. The maximum atomic E-state index is 12.3. The van der Waals surface area contributed by atoms with E-state index in [9.17, 15) is 24.5 Å². The average Bonchev–Trinajstić information content (AvgIpc) is 3.62. The Morgan fingerprint density at radius 3 is 2.39 bits per heavy atom. The highest BCUT2D eigenvalue weighted by Gasteiger charge is 2.21. The molecular weight excluding hydrogens is 628 g/mol. The highest BCUT2D eigenvalue weighted by atomic mass is 16.9. The van der Waals surface area contributed by atoms with E-state index in [1.807, 2.05) is 19.1 Å². The number of allylic oxidation sites excluding steroid dienone is 2. The van der Waals surface area contributed by atoms with E-state index in [4.69, 9.17) is 14.2 Å². The Bertz CT molecular complexity index is 1290. The third-order valence-corrected chi connectivity index (χ3v) is 8.22. The van der Waals surface area contributed by atoms with E-state index in [1.54, 1.807) is 0 Å². The molecule has 3 rings (SSSR count). The largest absolute Gasteiger partial charge is 0.493 e. The molecule has 1 N–H and O–H groups in total. The average molecular weight is 683 g/mol.